The molecule has 3 heteroatoms. The van der Waals surface area contributed by atoms with Gasteiger partial charge in [0, 0.05) is 21.5 Å². The predicted octanol–water partition coefficient (Wildman–Crippen LogP) is 3.98. The summed E-state index contributed by atoms with van der Waals surface area (Å²) in [6.07, 6.45) is 0. The van der Waals surface area contributed by atoms with Crippen LogP contribution >= 0.6 is 11.6 Å². The Bertz CT molecular complexity index is 685. The Morgan fingerprint density at radius 3 is 2.44 bits per heavy atom. The van der Waals surface area contributed by atoms with Crippen LogP contribution in [0.5, 0.6) is 0 Å². The van der Waals surface area contributed by atoms with Crippen molar-refractivity contribution >= 4 is 22.5 Å². The lowest BCUT2D eigenvalue weighted by Gasteiger charge is -2.02. The number of para-hydroxylation sites is 1. The molecule has 0 aliphatic carbocycles. The third-order valence-electron chi connectivity index (χ3n) is 3.10. The molecule has 0 aliphatic rings. The molecule has 1 heterocycles. The van der Waals surface area contributed by atoms with E-state index >= 15 is 0 Å². The summed E-state index contributed by atoms with van der Waals surface area (Å²) in [4.78, 5) is 3.35. The zero-order valence-electron chi connectivity index (χ0n) is 9.65. The molecule has 2 nitrogen and oxygen atoms in total. The molecule has 0 saturated carbocycles. The molecule has 18 heavy (non-hydrogen) atoms. The average molecular weight is 258 g/mol. The summed E-state index contributed by atoms with van der Waals surface area (Å²) in [5, 5.41) is 11.3. The second-order valence-electron chi connectivity index (χ2n) is 4.19. The number of nitrogens with one attached hydrogen (secondary N) is 1. The van der Waals surface area contributed by atoms with Crippen LogP contribution in [-0.4, -0.2) is 10.1 Å². The number of benzene rings is 2. The van der Waals surface area contributed by atoms with Crippen molar-refractivity contribution < 1.29 is 5.11 Å². The van der Waals surface area contributed by atoms with E-state index in [-0.39, 0.29) is 6.61 Å². The number of aliphatic hydroxyl groups is 1. The molecule has 3 rings (SSSR count). The van der Waals surface area contributed by atoms with Gasteiger partial charge in [0.25, 0.3) is 0 Å². The summed E-state index contributed by atoms with van der Waals surface area (Å²) < 4.78 is 0. The Balaban J connectivity index is 2.25. The van der Waals surface area contributed by atoms with E-state index in [1.54, 1.807) is 0 Å². The van der Waals surface area contributed by atoms with E-state index in [9.17, 15) is 5.11 Å². The molecule has 0 saturated heterocycles. The summed E-state index contributed by atoms with van der Waals surface area (Å²) in [6.45, 7) is 0.0158. The lowest BCUT2D eigenvalue weighted by atomic mass is 10.1. The summed E-state index contributed by atoms with van der Waals surface area (Å²) in [5.74, 6) is 0. The first-order valence-electron chi connectivity index (χ1n) is 5.76. The second kappa shape index (κ2) is 4.48. The molecular formula is C15H12ClNO. The topological polar surface area (TPSA) is 36.0 Å². The maximum atomic E-state index is 9.58. The van der Waals surface area contributed by atoms with Crippen molar-refractivity contribution in [1.82, 2.24) is 4.98 Å². The number of aromatic amines is 1. The Kier molecular flexibility index (Phi) is 2.82. The first kappa shape index (κ1) is 11.3. The van der Waals surface area contributed by atoms with Gasteiger partial charge in [0.05, 0.1) is 12.3 Å². The van der Waals surface area contributed by atoms with Crippen LogP contribution < -0.4 is 0 Å². The number of aliphatic hydroxyl groups excluding tert-OH is 1. The number of H-pyrrole nitrogens is 1. The molecule has 0 aliphatic heterocycles. The fourth-order valence-electron chi connectivity index (χ4n) is 2.23. The Morgan fingerprint density at radius 2 is 1.72 bits per heavy atom. The maximum Gasteiger partial charge on any atom is 0.0709 e. The van der Waals surface area contributed by atoms with Crippen LogP contribution in [0.1, 0.15) is 5.56 Å². The van der Waals surface area contributed by atoms with E-state index in [4.69, 9.17) is 11.6 Å². The molecule has 0 amide bonds. The van der Waals surface area contributed by atoms with E-state index in [1.165, 1.54) is 0 Å². The predicted molar refractivity (Wildman–Crippen MR) is 74.7 cm³/mol. The van der Waals surface area contributed by atoms with Gasteiger partial charge in [0.2, 0.25) is 0 Å². The van der Waals surface area contributed by atoms with Crippen molar-refractivity contribution in [3.8, 4) is 11.3 Å². The van der Waals surface area contributed by atoms with Gasteiger partial charge < -0.3 is 10.1 Å². The monoisotopic (exact) mass is 257 g/mol. The van der Waals surface area contributed by atoms with E-state index in [0.717, 1.165) is 27.7 Å². The molecule has 0 spiro atoms. The van der Waals surface area contributed by atoms with Crippen molar-refractivity contribution in [2.24, 2.45) is 0 Å². The van der Waals surface area contributed by atoms with Crippen molar-refractivity contribution in [3.05, 3.63) is 59.1 Å². The van der Waals surface area contributed by atoms with Crippen molar-refractivity contribution in [2.45, 2.75) is 6.61 Å². The van der Waals surface area contributed by atoms with Crippen LogP contribution in [0, 0.1) is 0 Å². The van der Waals surface area contributed by atoms with Crippen LogP contribution in [0.15, 0.2) is 48.5 Å². The minimum Gasteiger partial charge on any atom is -0.392 e. The largest absolute Gasteiger partial charge is 0.392 e. The van der Waals surface area contributed by atoms with Gasteiger partial charge in [0.15, 0.2) is 0 Å². The quantitative estimate of drug-likeness (QED) is 0.716. The number of fused-ring (bicyclic) bond motifs is 1. The molecule has 0 radical (unpaired) electrons. The summed E-state index contributed by atoms with van der Waals surface area (Å²) in [5.41, 5.74) is 3.94. The molecule has 2 N–H and O–H groups in total. The van der Waals surface area contributed by atoms with Gasteiger partial charge in [0.1, 0.15) is 0 Å². The SMILES string of the molecule is OCc1c(-c2ccc(Cl)cc2)[nH]c2ccccc12. The number of rotatable bonds is 2. The maximum absolute atomic E-state index is 9.58. The van der Waals surface area contributed by atoms with E-state index in [0.29, 0.717) is 5.02 Å². The second-order valence-corrected chi connectivity index (χ2v) is 4.63. The highest BCUT2D eigenvalue weighted by molar-refractivity contribution is 6.30. The first-order valence-corrected chi connectivity index (χ1v) is 6.14. The van der Waals surface area contributed by atoms with E-state index in [1.807, 2.05) is 48.5 Å². The smallest absolute Gasteiger partial charge is 0.0709 e. The van der Waals surface area contributed by atoms with Gasteiger partial charge in [-0.25, -0.2) is 0 Å². The lowest BCUT2D eigenvalue weighted by Crippen LogP contribution is -1.86. The van der Waals surface area contributed by atoms with Gasteiger partial charge in [-0.3, -0.25) is 0 Å². The molecule has 1 aromatic heterocycles. The number of hydrogen-bond acceptors (Lipinski definition) is 1. The summed E-state index contributed by atoms with van der Waals surface area (Å²) >= 11 is 5.89. The molecule has 2 aromatic carbocycles. The highest BCUT2D eigenvalue weighted by Gasteiger charge is 2.11. The minimum absolute atomic E-state index is 0.0158. The van der Waals surface area contributed by atoms with Gasteiger partial charge in [-0.15, -0.1) is 0 Å². The highest BCUT2D eigenvalue weighted by Crippen LogP contribution is 2.30. The lowest BCUT2D eigenvalue weighted by molar-refractivity contribution is 0.284. The zero-order valence-corrected chi connectivity index (χ0v) is 10.4. The van der Waals surface area contributed by atoms with Crippen LogP contribution in [0.25, 0.3) is 22.2 Å². The molecule has 0 atom stereocenters. The Hall–Kier alpha value is -1.77. The van der Waals surface area contributed by atoms with Gasteiger partial charge >= 0.3 is 0 Å². The first-order chi connectivity index (χ1) is 8.79. The Labute approximate surface area is 110 Å². The van der Waals surface area contributed by atoms with E-state index < -0.39 is 0 Å². The van der Waals surface area contributed by atoms with Crippen LogP contribution in [0.4, 0.5) is 0 Å². The van der Waals surface area contributed by atoms with Gasteiger partial charge in [-0.1, -0.05) is 41.9 Å². The zero-order chi connectivity index (χ0) is 12.5. The normalized spacial score (nSPS) is 11.0. The number of aromatic nitrogens is 1. The third-order valence-corrected chi connectivity index (χ3v) is 3.36. The van der Waals surface area contributed by atoms with Crippen molar-refractivity contribution in [1.29, 1.82) is 0 Å². The number of hydrogen-bond donors (Lipinski definition) is 2. The third kappa shape index (κ3) is 1.80. The molecule has 3 aromatic rings. The van der Waals surface area contributed by atoms with Crippen molar-refractivity contribution in [3.63, 3.8) is 0 Å². The molecule has 0 bridgehead atoms. The standard InChI is InChI=1S/C15H12ClNO/c16-11-7-5-10(6-8-11)15-13(9-18)12-3-1-2-4-14(12)17-15/h1-8,17-18H,9H2. The fraction of sp³-hybridized carbons (Fsp3) is 0.0667. The average Bonchev–Trinajstić information content (AvgIpc) is 2.78. The highest BCUT2D eigenvalue weighted by atomic mass is 35.5. The summed E-state index contributed by atoms with van der Waals surface area (Å²) in [7, 11) is 0. The molecule has 0 unspecified atom stereocenters. The van der Waals surface area contributed by atoms with Crippen molar-refractivity contribution in [2.75, 3.05) is 0 Å². The minimum atomic E-state index is 0.0158. The van der Waals surface area contributed by atoms with Crippen LogP contribution in [0.2, 0.25) is 5.02 Å². The van der Waals surface area contributed by atoms with Gasteiger partial charge in [-0.2, -0.15) is 0 Å². The summed E-state index contributed by atoms with van der Waals surface area (Å²) in [6, 6.07) is 15.6. The van der Waals surface area contributed by atoms with Crippen LogP contribution in [0.3, 0.4) is 0 Å². The Morgan fingerprint density at radius 1 is 1.00 bits per heavy atom. The fourth-order valence-corrected chi connectivity index (χ4v) is 2.35. The van der Waals surface area contributed by atoms with E-state index in [2.05, 4.69) is 4.98 Å². The van der Waals surface area contributed by atoms with Gasteiger partial charge in [-0.05, 0) is 23.8 Å². The van der Waals surface area contributed by atoms with Crippen LogP contribution in [-0.2, 0) is 6.61 Å². The molecule has 0 fully saturated rings. The number of halogens is 1. The molecule has 90 valence electrons. The molecular weight excluding hydrogens is 246 g/mol.